The van der Waals surface area contributed by atoms with Gasteiger partial charge in [-0.1, -0.05) is 31.4 Å². The minimum atomic E-state index is 0.225. The lowest BCUT2D eigenvalue weighted by Gasteiger charge is -2.19. The highest BCUT2D eigenvalue weighted by atomic mass is 32.1. The third kappa shape index (κ3) is 3.06. The van der Waals surface area contributed by atoms with E-state index in [0.29, 0.717) is 5.75 Å². The Morgan fingerprint density at radius 1 is 0.957 bits per heavy atom. The van der Waals surface area contributed by atoms with Gasteiger partial charge in [-0.3, -0.25) is 0 Å². The first-order valence-electron chi connectivity index (χ1n) is 8.29. The van der Waals surface area contributed by atoms with E-state index < -0.39 is 0 Å². The van der Waals surface area contributed by atoms with Crippen molar-refractivity contribution in [3.05, 3.63) is 53.4 Å². The zero-order valence-corrected chi connectivity index (χ0v) is 13.8. The van der Waals surface area contributed by atoms with Gasteiger partial charge in [0.05, 0.1) is 0 Å². The molecule has 1 N–H and O–H groups in total. The molecule has 1 heterocycles. The quantitative estimate of drug-likeness (QED) is 0.600. The lowest BCUT2D eigenvalue weighted by Crippen LogP contribution is -2.02. The van der Waals surface area contributed by atoms with Crippen LogP contribution in [-0.4, -0.2) is 5.11 Å². The average molecular weight is 324 g/mol. The van der Waals surface area contributed by atoms with E-state index in [1.165, 1.54) is 47.1 Å². The number of ether oxygens (including phenoxy) is 1. The molecule has 0 spiro atoms. The molecule has 1 aromatic heterocycles. The van der Waals surface area contributed by atoms with Crippen LogP contribution in [0, 0.1) is 0 Å². The first-order valence-corrected chi connectivity index (χ1v) is 9.10. The van der Waals surface area contributed by atoms with Crippen molar-refractivity contribution in [2.45, 2.75) is 38.0 Å². The Morgan fingerprint density at radius 2 is 1.78 bits per heavy atom. The molecule has 2 aromatic carbocycles. The van der Waals surface area contributed by atoms with E-state index in [1.54, 1.807) is 18.2 Å². The molecule has 3 heteroatoms. The van der Waals surface area contributed by atoms with Gasteiger partial charge in [-0.15, -0.1) is 11.3 Å². The van der Waals surface area contributed by atoms with Crippen molar-refractivity contribution >= 4 is 21.4 Å². The molecule has 0 bridgehead atoms. The van der Waals surface area contributed by atoms with E-state index in [1.807, 2.05) is 29.5 Å². The maximum atomic E-state index is 9.60. The van der Waals surface area contributed by atoms with Crippen LogP contribution in [0.4, 0.5) is 0 Å². The number of rotatable bonds is 3. The predicted molar refractivity (Wildman–Crippen MR) is 95.8 cm³/mol. The van der Waals surface area contributed by atoms with E-state index >= 15 is 0 Å². The van der Waals surface area contributed by atoms with Gasteiger partial charge in [0.15, 0.2) is 0 Å². The molecule has 118 valence electrons. The summed E-state index contributed by atoms with van der Waals surface area (Å²) in [6, 6.07) is 15.5. The Kier molecular flexibility index (Phi) is 3.96. The normalized spacial score (nSPS) is 15.8. The highest BCUT2D eigenvalue weighted by Gasteiger charge is 2.19. The molecule has 1 fully saturated rings. The molecule has 1 aliphatic carbocycles. The van der Waals surface area contributed by atoms with Gasteiger partial charge in [0.1, 0.15) is 17.2 Å². The van der Waals surface area contributed by atoms with Crippen molar-refractivity contribution in [2.24, 2.45) is 0 Å². The third-order valence-electron chi connectivity index (χ3n) is 4.59. The monoisotopic (exact) mass is 324 g/mol. The fraction of sp³-hybridized carbons (Fsp3) is 0.300. The molecule has 0 radical (unpaired) electrons. The van der Waals surface area contributed by atoms with Crippen molar-refractivity contribution in [3.63, 3.8) is 0 Å². The molecule has 0 atom stereocenters. The number of benzene rings is 2. The van der Waals surface area contributed by atoms with Crippen molar-refractivity contribution in [1.29, 1.82) is 0 Å². The Labute approximate surface area is 140 Å². The van der Waals surface area contributed by atoms with Gasteiger partial charge in [-0.2, -0.15) is 0 Å². The number of thiophene rings is 1. The fourth-order valence-corrected chi connectivity index (χ4v) is 4.65. The summed E-state index contributed by atoms with van der Waals surface area (Å²) in [7, 11) is 0. The summed E-state index contributed by atoms with van der Waals surface area (Å²) in [5, 5.41) is 10.8. The highest BCUT2D eigenvalue weighted by Crippen LogP contribution is 2.42. The van der Waals surface area contributed by atoms with Crippen LogP contribution in [0.25, 0.3) is 10.1 Å². The van der Waals surface area contributed by atoms with Gasteiger partial charge in [-0.25, -0.2) is 0 Å². The standard InChI is InChI=1S/C20H20O2S/c21-15-8-4-9-16(12-15)22-18-10-5-11-19-17(18)13-20(23-19)14-6-2-1-3-7-14/h4-5,8-14,21H,1-3,6-7H2. The average Bonchev–Trinajstić information content (AvgIpc) is 3.01. The van der Waals surface area contributed by atoms with Gasteiger partial charge in [0.25, 0.3) is 0 Å². The summed E-state index contributed by atoms with van der Waals surface area (Å²) in [6.07, 6.45) is 6.72. The van der Waals surface area contributed by atoms with Crippen molar-refractivity contribution in [1.82, 2.24) is 0 Å². The minimum Gasteiger partial charge on any atom is -0.508 e. The first kappa shape index (κ1) is 14.6. The molecule has 0 amide bonds. The summed E-state index contributed by atoms with van der Waals surface area (Å²) in [5.74, 6) is 2.48. The first-order chi connectivity index (χ1) is 11.3. The van der Waals surface area contributed by atoms with Crippen LogP contribution in [0.5, 0.6) is 17.2 Å². The predicted octanol–water partition coefficient (Wildman–Crippen LogP) is 6.45. The van der Waals surface area contributed by atoms with Gasteiger partial charge < -0.3 is 9.84 Å². The third-order valence-corrected chi connectivity index (χ3v) is 5.86. The van der Waals surface area contributed by atoms with E-state index in [0.717, 1.165) is 11.7 Å². The van der Waals surface area contributed by atoms with Crippen LogP contribution >= 0.6 is 11.3 Å². The Morgan fingerprint density at radius 3 is 2.61 bits per heavy atom. The zero-order chi connectivity index (χ0) is 15.6. The smallest absolute Gasteiger partial charge is 0.136 e. The lowest BCUT2D eigenvalue weighted by molar-refractivity contribution is 0.448. The van der Waals surface area contributed by atoms with E-state index in [9.17, 15) is 5.11 Å². The van der Waals surface area contributed by atoms with Gasteiger partial charge in [-0.05, 0) is 49.1 Å². The molecule has 1 saturated carbocycles. The maximum Gasteiger partial charge on any atom is 0.136 e. The SMILES string of the molecule is Oc1cccc(Oc2cccc3sc(C4CCCCC4)cc23)c1. The van der Waals surface area contributed by atoms with E-state index in [-0.39, 0.29) is 5.75 Å². The number of hydrogen-bond acceptors (Lipinski definition) is 3. The Hall–Kier alpha value is -2.00. The molecule has 23 heavy (non-hydrogen) atoms. The van der Waals surface area contributed by atoms with Crippen LogP contribution < -0.4 is 4.74 Å². The Balaban J connectivity index is 1.68. The Bertz CT molecular complexity index is 815. The van der Waals surface area contributed by atoms with E-state index in [4.69, 9.17) is 4.74 Å². The van der Waals surface area contributed by atoms with Crippen LogP contribution in [-0.2, 0) is 0 Å². The van der Waals surface area contributed by atoms with Crippen molar-refractivity contribution < 1.29 is 9.84 Å². The minimum absolute atomic E-state index is 0.225. The number of phenolic OH excluding ortho intramolecular Hbond substituents is 1. The van der Waals surface area contributed by atoms with Gasteiger partial charge in [0, 0.05) is 21.0 Å². The number of aromatic hydroxyl groups is 1. The van der Waals surface area contributed by atoms with Gasteiger partial charge in [0.2, 0.25) is 0 Å². The van der Waals surface area contributed by atoms with Crippen LogP contribution in [0.15, 0.2) is 48.5 Å². The largest absolute Gasteiger partial charge is 0.508 e. The number of hydrogen-bond donors (Lipinski definition) is 1. The molecule has 4 rings (SSSR count). The van der Waals surface area contributed by atoms with Crippen molar-refractivity contribution in [3.8, 4) is 17.2 Å². The van der Waals surface area contributed by atoms with Crippen LogP contribution in [0.3, 0.4) is 0 Å². The second-order valence-electron chi connectivity index (χ2n) is 6.25. The number of phenols is 1. The number of fused-ring (bicyclic) bond motifs is 1. The van der Waals surface area contributed by atoms with Gasteiger partial charge >= 0.3 is 0 Å². The van der Waals surface area contributed by atoms with E-state index in [2.05, 4.69) is 12.1 Å². The second-order valence-corrected chi connectivity index (χ2v) is 7.37. The summed E-state index contributed by atoms with van der Waals surface area (Å²) in [6.45, 7) is 0. The zero-order valence-electron chi connectivity index (χ0n) is 13.0. The van der Waals surface area contributed by atoms with Crippen LogP contribution in [0.1, 0.15) is 42.9 Å². The molecular weight excluding hydrogens is 304 g/mol. The van der Waals surface area contributed by atoms with Crippen molar-refractivity contribution in [2.75, 3.05) is 0 Å². The molecule has 3 aromatic rings. The fourth-order valence-electron chi connectivity index (χ4n) is 3.41. The highest BCUT2D eigenvalue weighted by molar-refractivity contribution is 7.19. The summed E-state index contributed by atoms with van der Waals surface area (Å²) in [5.41, 5.74) is 0. The topological polar surface area (TPSA) is 29.5 Å². The molecule has 1 aliphatic rings. The molecule has 0 saturated heterocycles. The second kappa shape index (κ2) is 6.25. The summed E-state index contributed by atoms with van der Waals surface area (Å²) >= 11 is 1.90. The summed E-state index contributed by atoms with van der Waals surface area (Å²) in [4.78, 5) is 1.49. The molecule has 0 unspecified atom stereocenters. The van der Waals surface area contributed by atoms with Crippen LogP contribution in [0.2, 0.25) is 0 Å². The molecular formula is C20H20O2S. The lowest BCUT2D eigenvalue weighted by atomic mass is 9.88. The molecule has 0 aliphatic heterocycles. The maximum absolute atomic E-state index is 9.60. The summed E-state index contributed by atoms with van der Waals surface area (Å²) < 4.78 is 7.30. The molecule has 2 nitrogen and oxygen atoms in total.